The van der Waals surface area contributed by atoms with Gasteiger partial charge in [0.05, 0.1) is 18.7 Å². The number of piperazine rings is 1. The number of hydrogen-bond acceptors (Lipinski definition) is 5. The van der Waals surface area contributed by atoms with Gasteiger partial charge in [0.15, 0.2) is 5.82 Å². The number of rotatable bonds is 3. The van der Waals surface area contributed by atoms with Crippen LogP contribution in [0, 0.1) is 0 Å². The molecule has 2 fully saturated rings. The van der Waals surface area contributed by atoms with Crippen LogP contribution in [-0.2, 0) is 4.74 Å². The SMILES string of the molecule is c1ccc2c(N3CCN(c4ccc(N5CCOCC5)cc4)CC3)n[nH]c2c1. The molecular formula is C21H25N5O. The van der Waals surface area contributed by atoms with E-state index < -0.39 is 0 Å². The molecule has 140 valence electrons. The lowest BCUT2D eigenvalue weighted by atomic mass is 10.2. The van der Waals surface area contributed by atoms with Gasteiger partial charge in [-0.1, -0.05) is 12.1 Å². The fourth-order valence-electron chi connectivity index (χ4n) is 4.06. The fraction of sp³-hybridized carbons (Fsp3) is 0.381. The van der Waals surface area contributed by atoms with Crippen LogP contribution in [0.3, 0.4) is 0 Å². The molecule has 0 saturated carbocycles. The van der Waals surface area contributed by atoms with Gasteiger partial charge >= 0.3 is 0 Å². The predicted molar refractivity (Wildman–Crippen MR) is 110 cm³/mol. The normalized spacial score (nSPS) is 18.3. The minimum Gasteiger partial charge on any atom is -0.378 e. The molecule has 6 nitrogen and oxygen atoms in total. The van der Waals surface area contributed by atoms with E-state index in [0.717, 1.165) is 63.8 Å². The number of nitrogens with zero attached hydrogens (tertiary/aromatic N) is 4. The van der Waals surface area contributed by atoms with Gasteiger partial charge in [-0.3, -0.25) is 5.10 Å². The Bertz CT molecular complexity index is 892. The summed E-state index contributed by atoms with van der Waals surface area (Å²) >= 11 is 0. The summed E-state index contributed by atoms with van der Waals surface area (Å²) in [7, 11) is 0. The smallest absolute Gasteiger partial charge is 0.158 e. The Morgan fingerprint density at radius 3 is 2.00 bits per heavy atom. The fourth-order valence-corrected chi connectivity index (χ4v) is 4.06. The van der Waals surface area contributed by atoms with Crippen molar-refractivity contribution >= 4 is 28.1 Å². The van der Waals surface area contributed by atoms with Crippen LogP contribution in [0.1, 0.15) is 0 Å². The maximum Gasteiger partial charge on any atom is 0.158 e. The Morgan fingerprint density at radius 2 is 1.30 bits per heavy atom. The second-order valence-corrected chi connectivity index (χ2v) is 7.18. The Morgan fingerprint density at radius 1 is 0.704 bits per heavy atom. The second kappa shape index (κ2) is 7.12. The number of hydrogen-bond donors (Lipinski definition) is 1. The van der Waals surface area contributed by atoms with Crippen molar-refractivity contribution in [3.63, 3.8) is 0 Å². The summed E-state index contributed by atoms with van der Waals surface area (Å²) in [5.41, 5.74) is 3.70. The molecule has 0 bridgehead atoms. The molecule has 0 atom stereocenters. The number of fused-ring (bicyclic) bond motifs is 1. The van der Waals surface area contributed by atoms with Crippen LogP contribution >= 0.6 is 0 Å². The minimum absolute atomic E-state index is 0.825. The molecule has 3 heterocycles. The highest BCUT2D eigenvalue weighted by Crippen LogP contribution is 2.27. The highest BCUT2D eigenvalue weighted by Gasteiger charge is 2.21. The van der Waals surface area contributed by atoms with Crippen molar-refractivity contribution < 1.29 is 4.74 Å². The third-order valence-electron chi connectivity index (χ3n) is 5.62. The van der Waals surface area contributed by atoms with Crippen molar-refractivity contribution in [2.45, 2.75) is 0 Å². The highest BCUT2D eigenvalue weighted by molar-refractivity contribution is 5.90. The van der Waals surface area contributed by atoms with E-state index in [-0.39, 0.29) is 0 Å². The molecule has 0 amide bonds. The first kappa shape index (κ1) is 16.4. The Hall–Kier alpha value is -2.73. The van der Waals surface area contributed by atoms with Gasteiger partial charge < -0.3 is 19.4 Å². The van der Waals surface area contributed by atoms with Crippen LogP contribution in [0.2, 0.25) is 0 Å². The molecule has 0 spiro atoms. The van der Waals surface area contributed by atoms with Crippen LogP contribution in [0.5, 0.6) is 0 Å². The van der Waals surface area contributed by atoms with Crippen LogP contribution < -0.4 is 14.7 Å². The molecular weight excluding hydrogens is 338 g/mol. The molecule has 2 aromatic carbocycles. The Balaban J connectivity index is 1.25. The average Bonchev–Trinajstić information content (AvgIpc) is 3.19. The highest BCUT2D eigenvalue weighted by atomic mass is 16.5. The monoisotopic (exact) mass is 363 g/mol. The summed E-state index contributed by atoms with van der Waals surface area (Å²) in [6.45, 7) is 7.61. The molecule has 1 N–H and O–H groups in total. The van der Waals surface area contributed by atoms with Crippen LogP contribution in [0.4, 0.5) is 17.2 Å². The number of aromatic nitrogens is 2. The van der Waals surface area contributed by atoms with Crippen molar-refractivity contribution in [2.75, 3.05) is 67.2 Å². The summed E-state index contributed by atoms with van der Waals surface area (Å²) < 4.78 is 5.45. The molecule has 2 aliphatic rings. The summed E-state index contributed by atoms with van der Waals surface area (Å²) in [6.07, 6.45) is 0. The van der Waals surface area contributed by atoms with Crippen LogP contribution in [-0.4, -0.2) is 62.7 Å². The van der Waals surface area contributed by atoms with Gasteiger partial charge in [0, 0.05) is 56.0 Å². The van der Waals surface area contributed by atoms with Crippen molar-refractivity contribution in [2.24, 2.45) is 0 Å². The minimum atomic E-state index is 0.825. The average molecular weight is 363 g/mol. The van der Waals surface area contributed by atoms with Gasteiger partial charge in [0.25, 0.3) is 0 Å². The van der Waals surface area contributed by atoms with Crippen molar-refractivity contribution in [3.8, 4) is 0 Å². The van der Waals surface area contributed by atoms with Gasteiger partial charge in [-0.15, -0.1) is 0 Å². The summed E-state index contributed by atoms with van der Waals surface area (Å²) in [5.74, 6) is 1.08. The molecule has 27 heavy (non-hydrogen) atoms. The van der Waals surface area contributed by atoms with E-state index in [4.69, 9.17) is 4.74 Å². The number of nitrogens with one attached hydrogen (secondary N) is 1. The zero-order chi connectivity index (χ0) is 18.1. The topological polar surface area (TPSA) is 47.6 Å². The third kappa shape index (κ3) is 3.21. The first-order valence-corrected chi connectivity index (χ1v) is 9.74. The van der Waals surface area contributed by atoms with E-state index in [1.165, 1.54) is 16.8 Å². The number of ether oxygens (including phenoxy) is 1. The van der Waals surface area contributed by atoms with E-state index in [1.807, 2.05) is 6.07 Å². The van der Waals surface area contributed by atoms with E-state index in [9.17, 15) is 0 Å². The number of H-pyrrole nitrogens is 1. The summed E-state index contributed by atoms with van der Waals surface area (Å²) in [6, 6.07) is 17.3. The molecule has 0 aliphatic carbocycles. The Labute approximate surface area is 159 Å². The van der Waals surface area contributed by atoms with E-state index in [0.29, 0.717) is 0 Å². The predicted octanol–water partition coefficient (Wildman–Crippen LogP) is 2.73. The van der Waals surface area contributed by atoms with Gasteiger partial charge in [0.2, 0.25) is 0 Å². The summed E-state index contributed by atoms with van der Waals surface area (Å²) in [4.78, 5) is 7.25. The number of morpholine rings is 1. The number of aromatic amines is 1. The molecule has 2 aliphatic heterocycles. The standard InChI is InChI=1S/C21H25N5O/c1-2-4-20-19(3-1)21(23-22-20)26-11-9-24(10-12-26)17-5-7-18(8-6-17)25-13-15-27-16-14-25/h1-8H,9-16H2,(H,22,23). The number of para-hydroxylation sites is 1. The number of anilines is 3. The third-order valence-corrected chi connectivity index (χ3v) is 5.62. The molecule has 2 saturated heterocycles. The molecule has 3 aromatic rings. The first-order valence-electron chi connectivity index (χ1n) is 9.74. The molecule has 5 rings (SSSR count). The van der Waals surface area contributed by atoms with Crippen molar-refractivity contribution in [1.29, 1.82) is 0 Å². The second-order valence-electron chi connectivity index (χ2n) is 7.18. The quantitative estimate of drug-likeness (QED) is 0.775. The Kier molecular flexibility index (Phi) is 4.33. The molecule has 1 aromatic heterocycles. The summed E-state index contributed by atoms with van der Waals surface area (Å²) in [5, 5.41) is 8.90. The number of benzene rings is 2. The van der Waals surface area contributed by atoms with Gasteiger partial charge in [-0.05, 0) is 36.4 Å². The lowest BCUT2D eigenvalue weighted by Crippen LogP contribution is -2.46. The van der Waals surface area contributed by atoms with Crippen LogP contribution in [0.15, 0.2) is 48.5 Å². The lowest BCUT2D eigenvalue weighted by molar-refractivity contribution is 0.122. The van der Waals surface area contributed by atoms with Crippen molar-refractivity contribution in [3.05, 3.63) is 48.5 Å². The van der Waals surface area contributed by atoms with E-state index >= 15 is 0 Å². The largest absolute Gasteiger partial charge is 0.378 e. The van der Waals surface area contributed by atoms with E-state index in [1.54, 1.807) is 0 Å². The first-order chi connectivity index (χ1) is 13.4. The van der Waals surface area contributed by atoms with Gasteiger partial charge in [-0.25, -0.2) is 0 Å². The molecule has 0 radical (unpaired) electrons. The zero-order valence-corrected chi connectivity index (χ0v) is 15.5. The molecule has 0 unspecified atom stereocenters. The van der Waals surface area contributed by atoms with Crippen LogP contribution in [0.25, 0.3) is 10.9 Å². The lowest BCUT2D eigenvalue weighted by Gasteiger charge is -2.36. The maximum atomic E-state index is 5.45. The zero-order valence-electron chi connectivity index (χ0n) is 15.5. The maximum absolute atomic E-state index is 5.45. The molecule has 6 heteroatoms. The van der Waals surface area contributed by atoms with Gasteiger partial charge in [0.1, 0.15) is 0 Å². The van der Waals surface area contributed by atoms with Crippen molar-refractivity contribution in [1.82, 2.24) is 10.2 Å². The van der Waals surface area contributed by atoms with E-state index in [2.05, 4.69) is 67.4 Å². The van der Waals surface area contributed by atoms with Gasteiger partial charge in [-0.2, -0.15) is 5.10 Å².